The van der Waals surface area contributed by atoms with Crippen molar-refractivity contribution < 1.29 is 13.9 Å². The van der Waals surface area contributed by atoms with Gasteiger partial charge < -0.3 is 14.1 Å². The number of amides is 1. The quantitative estimate of drug-likeness (QED) is 0.821. The van der Waals surface area contributed by atoms with E-state index in [0.717, 1.165) is 6.54 Å². The molecule has 2 atom stereocenters. The molecule has 6 heteroatoms. The zero-order valence-corrected chi connectivity index (χ0v) is 11.7. The minimum atomic E-state index is -0.277. The SMILES string of the molecule is Cc1nnc([C@]23COC[C@H]2CN(C(=O)CC2CC2)C3)o1. The van der Waals surface area contributed by atoms with E-state index in [2.05, 4.69) is 10.2 Å². The number of carbonyl (C=O) groups excluding carboxylic acids is 1. The van der Waals surface area contributed by atoms with Crippen molar-refractivity contribution in [2.45, 2.75) is 31.6 Å². The number of likely N-dealkylation sites (tertiary alicyclic amines) is 1. The fourth-order valence-electron chi connectivity index (χ4n) is 3.42. The Kier molecular flexibility index (Phi) is 2.64. The number of hydrogen-bond donors (Lipinski definition) is 0. The van der Waals surface area contributed by atoms with E-state index in [4.69, 9.17) is 9.15 Å². The Balaban J connectivity index is 1.57. The number of aryl methyl sites for hydroxylation is 1. The molecule has 1 amide bonds. The molecule has 6 nitrogen and oxygen atoms in total. The van der Waals surface area contributed by atoms with E-state index in [1.165, 1.54) is 12.8 Å². The molecule has 108 valence electrons. The van der Waals surface area contributed by atoms with Gasteiger partial charge in [-0.15, -0.1) is 10.2 Å². The third-order valence-corrected chi connectivity index (χ3v) is 4.84. The van der Waals surface area contributed by atoms with Crippen LogP contribution in [-0.4, -0.2) is 47.3 Å². The Morgan fingerprint density at radius 2 is 2.30 bits per heavy atom. The van der Waals surface area contributed by atoms with Gasteiger partial charge in [0.15, 0.2) is 0 Å². The van der Waals surface area contributed by atoms with Gasteiger partial charge in [-0.25, -0.2) is 0 Å². The van der Waals surface area contributed by atoms with Gasteiger partial charge in [0.2, 0.25) is 17.7 Å². The van der Waals surface area contributed by atoms with Crippen LogP contribution in [0.5, 0.6) is 0 Å². The van der Waals surface area contributed by atoms with Crippen LogP contribution < -0.4 is 0 Å². The number of hydrogen-bond acceptors (Lipinski definition) is 5. The monoisotopic (exact) mass is 277 g/mol. The maximum absolute atomic E-state index is 12.3. The van der Waals surface area contributed by atoms with Crippen molar-refractivity contribution in [3.8, 4) is 0 Å². The van der Waals surface area contributed by atoms with E-state index in [1.807, 2.05) is 4.90 Å². The van der Waals surface area contributed by atoms with Crippen molar-refractivity contribution in [1.29, 1.82) is 0 Å². The zero-order chi connectivity index (χ0) is 13.7. The van der Waals surface area contributed by atoms with Crippen LogP contribution in [0.4, 0.5) is 0 Å². The molecule has 20 heavy (non-hydrogen) atoms. The van der Waals surface area contributed by atoms with E-state index in [0.29, 0.717) is 43.9 Å². The molecular formula is C14H19N3O3. The number of fused-ring (bicyclic) bond motifs is 1. The molecule has 0 aromatic carbocycles. The van der Waals surface area contributed by atoms with Crippen LogP contribution in [0.15, 0.2) is 4.42 Å². The largest absolute Gasteiger partial charge is 0.425 e. The highest BCUT2D eigenvalue weighted by molar-refractivity contribution is 5.77. The van der Waals surface area contributed by atoms with Gasteiger partial charge >= 0.3 is 0 Å². The third-order valence-electron chi connectivity index (χ3n) is 4.84. The normalized spacial score (nSPS) is 32.6. The van der Waals surface area contributed by atoms with Crippen molar-refractivity contribution in [3.63, 3.8) is 0 Å². The predicted octanol–water partition coefficient (Wildman–Crippen LogP) is 0.905. The Hall–Kier alpha value is -1.43. The van der Waals surface area contributed by atoms with Crippen LogP contribution in [0.3, 0.4) is 0 Å². The highest BCUT2D eigenvalue weighted by Gasteiger charge is 2.56. The van der Waals surface area contributed by atoms with Gasteiger partial charge in [0.25, 0.3) is 0 Å². The summed E-state index contributed by atoms with van der Waals surface area (Å²) in [5.74, 6) is 2.39. The van der Waals surface area contributed by atoms with Crippen LogP contribution in [0.2, 0.25) is 0 Å². The Morgan fingerprint density at radius 1 is 1.45 bits per heavy atom. The molecule has 3 fully saturated rings. The predicted molar refractivity (Wildman–Crippen MR) is 68.9 cm³/mol. The minimum absolute atomic E-state index is 0.275. The van der Waals surface area contributed by atoms with Crippen LogP contribution in [-0.2, 0) is 14.9 Å². The van der Waals surface area contributed by atoms with Crippen LogP contribution in [0.25, 0.3) is 0 Å². The first kappa shape index (κ1) is 12.3. The first-order valence-electron chi connectivity index (χ1n) is 7.33. The highest BCUT2D eigenvalue weighted by atomic mass is 16.5. The summed E-state index contributed by atoms with van der Waals surface area (Å²) in [6, 6.07) is 0. The highest BCUT2D eigenvalue weighted by Crippen LogP contribution is 2.44. The molecule has 1 aliphatic carbocycles. The fraction of sp³-hybridized carbons (Fsp3) is 0.786. The Bertz CT molecular complexity index is 540. The Morgan fingerprint density at radius 3 is 3.00 bits per heavy atom. The second kappa shape index (κ2) is 4.28. The Labute approximate surface area is 117 Å². The van der Waals surface area contributed by atoms with Gasteiger partial charge in [0.1, 0.15) is 0 Å². The van der Waals surface area contributed by atoms with Crippen molar-refractivity contribution in [2.75, 3.05) is 26.3 Å². The van der Waals surface area contributed by atoms with Crippen LogP contribution >= 0.6 is 0 Å². The standard InChI is InChI=1S/C14H19N3O3/c1-9-15-16-13(20-9)14-7-17(5-11(14)6-19-8-14)12(18)4-10-2-3-10/h10-11H,2-8H2,1H3/t11-,14-/m1/s1. The van der Waals surface area contributed by atoms with Gasteiger partial charge in [-0.1, -0.05) is 0 Å². The molecule has 0 bridgehead atoms. The summed E-state index contributed by atoms with van der Waals surface area (Å²) in [7, 11) is 0. The topological polar surface area (TPSA) is 68.5 Å². The van der Waals surface area contributed by atoms with E-state index >= 15 is 0 Å². The molecule has 4 rings (SSSR count). The summed E-state index contributed by atoms with van der Waals surface area (Å²) in [6.45, 7) is 4.46. The fourth-order valence-corrected chi connectivity index (χ4v) is 3.42. The summed E-state index contributed by atoms with van der Waals surface area (Å²) in [6.07, 6.45) is 3.12. The first-order valence-corrected chi connectivity index (χ1v) is 7.33. The van der Waals surface area contributed by atoms with Gasteiger partial charge in [0.05, 0.1) is 18.6 Å². The third kappa shape index (κ3) is 1.85. The molecule has 1 saturated carbocycles. The smallest absolute Gasteiger partial charge is 0.227 e. The molecule has 0 N–H and O–H groups in total. The van der Waals surface area contributed by atoms with E-state index < -0.39 is 0 Å². The van der Waals surface area contributed by atoms with E-state index in [1.54, 1.807) is 6.92 Å². The maximum atomic E-state index is 12.3. The summed E-state index contributed by atoms with van der Waals surface area (Å²) in [5.41, 5.74) is -0.277. The van der Waals surface area contributed by atoms with E-state index in [9.17, 15) is 4.79 Å². The number of rotatable bonds is 3. The molecular weight excluding hydrogens is 258 g/mol. The molecule has 2 aliphatic heterocycles. The van der Waals surface area contributed by atoms with Gasteiger partial charge in [-0.2, -0.15) is 0 Å². The summed E-state index contributed by atoms with van der Waals surface area (Å²) in [5, 5.41) is 8.13. The maximum Gasteiger partial charge on any atom is 0.227 e. The molecule has 0 unspecified atom stereocenters. The van der Waals surface area contributed by atoms with Crippen molar-refractivity contribution in [1.82, 2.24) is 15.1 Å². The van der Waals surface area contributed by atoms with Crippen molar-refractivity contribution >= 4 is 5.91 Å². The van der Waals surface area contributed by atoms with Crippen LogP contribution in [0.1, 0.15) is 31.0 Å². The number of ether oxygens (including phenoxy) is 1. The molecule has 0 radical (unpaired) electrons. The number of aromatic nitrogens is 2. The summed E-state index contributed by atoms with van der Waals surface area (Å²) < 4.78 is 11.3. The second-order valence-electron chi connectivity index (χ2n) is 6.42. The molecule has 3 heterocycles. The van der Waals surface area contributed by atoms with Crippen LogP contribution in [0, 0.1) is 18.8 Å². The number of nitrogens with zero attached hydrogens (tertiary/aromatic N) is 3. The van der Waals surface area contributed by atoms with Gasteiger partial charge in [-0.05, 0) is 18.8 Å². The summed E-state index contributed by atoms with van der Waals surface area (Å²) >= 11 is 0. The lowest BCUT2D eigenvalue weighted by molar-refractivity contribution is -0.131. The average molecular weight is 277 g/mol. The lowest BCUT2D eigenvalue weighted by atomic mass is 9.81. The molecule has 0 spiro atoms. The lowest BCUT2D eigenvalue weighted by Gasteiger charge is -2.22. The average Bonchev–Trinajstić information content (AvgIpc) is 2.85. The van der Waals surface area contributed by atoms with E-state index in [-0.39, 0.29) is 17.2 Å². The van der Waals surface area contributed by atoms with Gasteiger partial charge in [0, 0.05) is 32.4 Å². The minimum Gasteiger partial charge on any atom is -0.425 e. The molecule has 3 aliphatic rings. The van der Waals surface area contributed by atoms with Crippen molar-refractivity contribution in [2.24, 2.45) is 11.8 Å². The summed E-state index contributed by atoms with van der Waals surface area (Å²) in [4.78, 5) is 14.3. The molecule has 1 aromatic rings. The lowest BCUT2D eigenvalue weighted by Crippen LogP contribution is -2.37. The molecule has 1 aromatic heterocycles. The zero-order valence-electron chi connectivity index (χ0n) is 11.7. The molecule has 2 saturated heterocycles. The first-order chi connectivity index (χ1) is 9.67. The van der Waals surface area contributed by atoms with Gasteiger partial charge in [-0.3, -0.25) is 4.79 Å². The second-order valence-corrected chi connectivity index (χ2v) is 6.42. The number of carbonyl (C=O) groups is 1. The van der Waals surface area contributed by atoms with Crippen molar-refractivity contribution in [3.05, 3.63) is 11.8 Å².